The topological polar surface area (TPSA) is 83.4 Å². The fourth-order valence-electron chi connectivity index (χ4n) is 5.38. The monoisotopic (exact) mass is 317 g/mol. The molecule has 3 aliphatic rings. The zero-order valence-electron chi connectivity index (χ0n) is 13.3. The van der Waals surface area contributed by atoms with Gasteiger partial charge < -0.3 is 20.1 Å². The van der Waals surface area contributed by atoms with Crippen LogP contribution in [0.15, 0.2) is 18.2 Å². The molecule has 0 amide bonds. The summed E-state index contributed by atoms with van der Waals surface area (Å²) in [6, 6.07) is 4.55. The van der Waals surface area contributed by atoms with Gasteiger partial charge in [-0.05, 0) is 17.7 Å². The summed E-state index contributed by atoms with van der Waals surface area (Å²) in [5.41, 5.74) is 0.854. The van der Waals surface area contributed by atoms with Gasteiger partial charge in [-0.1, -0.05) is 56.2 Å². The van der Waals surface area contributed by atoms with Crippen molar-refractivity contribution >= 4 is 12.5 Å². The normalized spacial score (nSPS) is 36.2. The largest absolute Gasteiger partial charge is 0.634 e. The van der Waals surface area contributed by atoms with Gasteiger partial charge in [-0.25, -0.2) is 0 Å². The molecule has 3 aliphatic heterocycles. The van der Waals surface area contributed by atoms with Crippen molar-refractivity contribution in [2.24, 2.45) is 0 Å². The van der Waals surface area contributed by atoms with Crippen LogP contribution in [0.2, 0.25) is 11.6 Å². The van der Waals surface area contributed by atoms with E-state index in [-0.39, 0.29) is 23.5 Å². The zero-order chi connectivity index (χ0) is 16.0. The highest BCUT2D eigenvalue weighted by molar-refractivity contribution is 6.71. The summed E-state index contributed by atoms with van der Waals surface area (Å²) < 4.78 is 6.05. The van der Waals surface area contributed by atoms with Gasteiger partial charge in [0.2, 0.25) is 0 Å². The molecule has 0 aromatic heterocycles. The molecule has 3 heterocycles. The number of nitrogens with two attached hydrogens (primary N) is 1. The number of rotatable bonds is 2. The van der Waals surface area contributed by atoms with E-state index in [9.17, 15) is 15.0 Å². The Bertz CT molecular complexity index is 613. The molecule has 1 spiro atoms. The maximum absolute atomic E-state index is 12.5. The van der Waals surface area contributed by atoms with Gasteiger partial charge in [-0.3, -0.25) is 4.79 Å². The van der Waals surface area contributed by atoms with E-state index in [0.29, 0.717) is 18.1 Å². The van der Waals surface area contributed by atoms with Crippen LogP contribution in [-0.4, -0.2) is 28.7 Å². The molecule has 0 unspecified atom stereocenters. The van der Waals surface area contributed by atoms with Gasteiger partial charge in [0.1, 0.15) is 6.04 Å². The molecule has 124 valence electrons. The van der Waals surface area contributed by atoms with Gasteiger partial charge in [-0.15, -0.1) is 0 Å². The van der Waals surface area contributed by atoms with Crippen LogP contribution in [0.5, 0.6) is 11.5 Å². The van der Waals surface area contributed by atoms with Crippen molar-refractivity contribution in [3.05, 3.63) is 23.8 Å². The minimum Gasteiger partial charge on any atom is -0.634 e. The third-order valence-electron chi connectivity index (χ3n) is 6.42. The Labute approximate surface area is 136 Å². The lowest BCUT2D eigenvalue weighted by atomic mass is 9.28. The molecule has 3 saturated heterocycles. The molecule has 0 saturated carbocycles. The van der Waals surface area contributed by atoms with Gasteiger partial charge >= 0.3 is 12.5 Å². The molecule has 1 aromatic carbocycles. The molecule has 3 fully saturated rings. The summed E-state index contributed by atoms with van der Waals surface area (Å²) in [4.78, 5) is 12.5. The van der Waals surface area contributed by atoms with Gasteiger partial charge in [0.15, 0.2) is 11.5 Å². The maximum Gasteiger partial charge on any atom is 0.389 e. The first kappa shape index (κ1) is 14.9. The third kappa shape index (κ3) is 2.40. The first-order valence-corrected chi connectivity index (χ1v) is 8.85. The average Bonchev–Trinajstić information content (AvgIpc) is 2.79. The molecular weight excluding hydrogens is 293 g/mol. The van der Waals surface area contributed by atoms with Crippen LogP contribution in [0.1, 0.15) is 44.1 Å². The highest BCUT2D eigenvalue weighted by atomic mass is 16.5. The highest BCUT2D eigenvalue weighted by Gasteiger charge is 2.59. The van der Waals surface area contributed by atoms with Gasteiger partial charge in [0.05, 0.1) is 0 Å². The molecule has 1 atom stereocenters. The third-order valence-corrected chi connectivity index (χ3v) is 6.42. The Morgan fingerprint density at radius 1 is 1.09 bits per heavy atom. The molecule has 6 heteroatoms. The van der Waals surface area contributed by atoms with E-state index in [4.69, 9.17) is 4.65 Å². The molecule has 4 rings (SSSR count). The van der Waals surface area contributed by atoms with Crippen LogP contribution in [-0.2, 0) is 15.9 Å². The fraction of sp³-hybridized carbons (Fsp3) is 0.588. The lowest BCUT2D eigenvalue weighted by Gasteiger charge is -2.50. The lowest BCUT2D eigenvalue weighted by Crippen LogP contribution is -3.04. The van der Waals surface area contributed by atoms with E-state index < -0.39 is 6.48 Å². The second kappa shape index (κ2) is 5.44. The molecule has 5 nitrogen and oxygen atoms in total. The predicted octanol–water partition coefficient (Wildman–Crippen LogP) is 1.68. The lowest BCUT2D eigenvalue weighted by molar-refractivity contribution is -0.559. The summed E-state index contributed by atoms with van der Waals surface area (Å²) in [6.45, 7) is -1.11. The molecule has 0 radical (unpaired) electrons. The smallest absolute Gasteiger partial charge is 0.389 e. The Morgan fingerprint density at radius 2 is 1.74 bits per heavy atom. The fourth-order valence-corrected chi connectivity index (χ4v) is 5.38. The number of carbonyl (C=O) groups excluding carboxylic acids is 1. The summed E-state index contributed by atoms with van der Waals surface area (Å²) in [6.07, 6.45) is 7.82. The van der Waals surface area contributed by atoms with Crippen molar-refractivity contribution in [1.82, 2.24) is 0 Å². The van der Waals surface area contributed by atoms with Crippen molar-refractivity contribution in [1.29, 1.82) is 0 Å². The Balaban J connectivity index is 1.55. The van der Waals surface area contributed by atoms with Crippen molar-refractivity contribution in [2.75, 3.05) is 0 Å². The van der Waals surface area contributed by atoms with Crippen LogP contribution in [0, 0.1) is 0 Å². The first-order chi connectivity index (χ1) is 11.1. The number of quaternary nitrogens is 1. The number of phenolic OH excluding ortho intramolecular Hbond substituents is 2. The average molecular weight is 317 g/mol. The van der Waals surface area contributed by atoms with Crippen molar-refractivity contribution in [3.8, 4) is 11.5 Å². The summed E-state index contributed by atoms with van der Waals surface area (Å²) in [5, 5.41) is 21.3. The highest BCUT2D eigenvalue weighted by Crippen LogP contribution is 2.51. The van der Waals surface area contributed by atoms with E-state index >= 15 is 0 Å². The number of aromatic hydroxyl groups is 2. The molecular formula is C17H24BNO4. The summed E-state index contributed by atoms with van der Waals surface area (Å²) in [5.74, 6) is 0.726. The van der Waals surface area contributed by atoms with Crippen LogP contribution < -0.4 is 5.23 Å². The summed E-state index contributed by atoms with van der Waals surface area (Å²) >= 11 is 0. The van der Waals surface area contributed by atoms with E-state index in [1.165, 1.54) is 50.7 Å². The minimum absolute atomic E-state index is 0.101. The van der Waals surface area contributed by atoms with E-state index in [1.807, 2.05) is 0 Å². The Hall–Kier alpha value is -1.69. The number of carbonyl (C=O) groups is 1. The predicted molar refractivity (Wildman–Crippen MR) is 86.2 cm³/mol. The van der Waals surface area contributed by atoms with Crippen LogP contribution >= 0.6 is 0 Å². The summed E-state index contributed by atoms with van der Waals surface area (Å²) in [7, 11) is 0. The SMILES string of the molecule is O=C1O[B-]2([NH2+][C@H]1Cc1ccc(O)c(O)c1)C1CCCC2CCC1. The zero-order valence-corrected chi connectivity index (χ0v) is 13.3. The van der Waals surface area contributed by atoms with Crippen molar-refractivity contribution in [3.63, 3.8) is 0 Å². The number of benzene rings is 1. The van der Waals surface area contributed by atoms with Crippen LogP contribution in [0.4, 0.5) is 0 Å². The number of phenols is 2. The number of hydrogen-bond donors (Lipinski definition) is 3. The second-order valence-corrected chi connectivity index (χ2v) is 7.63. The van der Waals surface area contributed by atoms with Gasteiger partial charge in [0, 0.05) is 6.42 Å². The van der Waals surface area contributed by atoms with E-state index in [0.717, 1.165) is 5.56 Å². The second-order valence-electron chi connectivity index (χ2n) is 7.63. The maximum atomic E-state index is 12.5. The van der Waals surface area contributed by atoms with E-state index in [1.54, 1.807) is 6.07 Å². The van der Waals surface area contributed by atoms with E-state index in [2.05, 4.69) is 5.23 Å². The number of hydrogen-bond acceptors (Lipinski definition) is 4. The Kier molecular flexibility index (Phi) is 3.52. The molecule has 0 aliphatic carbocycles. The van der Waals surface area contributed by atoms with Gasteiger partial charge in [-0.2, -0.15) is 0 Å². The van der Waals surface area contributed by atoms with Crippen molar-refractivity contribution < 1.29 is 24.9 Å². The van der Waals surface area contributed by atoms with Crippen molar-refractivity contribution in [2.45, 2.75) is 62.6 Å². The standard InChI is InChI=1S/C17H24BNO4/c20-15-8-7-11(10-16(15)21)9-14-17(22)23-18(19-14)12-3-1-4-13(18)6-2-5-12/h7-8,10,12-14,20-21H,1-6,9,19H2/t12?,13?,14-,18?/m0/s1. The quantitative estimate of drug-likeness (QED) is 0.572. The minimum atomic E-state index is -1.11. The molecule has 4 N–H and O–H groups in total. The van der Waals surface area contributed by atoms with Gasteiger partial charge in [0.25, 0.3) is 0 Å². The molecule has 23 heavy (non-hydrogen) atoms. The Morgan fingerprint density at radius 3 is 2.35 bits per heavy atom. The first-order valence-electron chi connectivity index (χ1n) is 8.85. The van der Waals surface area contributed by atoms with Crippen LogP contribution in [0.3, 0.4) is 0 Å². The molecule has 2 bridgehead atoms. The van der Waals surface area contributed by atoms with Crippen LogP contribution in [0.25, 0.3) is 0 Å². The molecule has 1 aromatic rings.